The first-order valence-electron chi connectivity index (χ1n) is 10.9. The second-order valence-electron chi connectivity index (χ2n) is 8.18. The van der Waals surface area contributed by atoms with Gasteiger partial charge in [-0.1, -0.05) is 12.1 Å². The van der Waals surface area contributed by atoms with Gasteiger partial charge in [0, 0.05) is 36.1 Å². The van der Waals surface area contributed by atoms with E-state index >= 15 is 0 Å². The van der Waals surface area contributed by atoms with E-state index < -0.39 is 0 Å². The lowest BCUT2D eigenvalue weighted by Crippen LogP contribution is -2.37. The first-order chi connectivity index (χ1) is 15.7. The number of pyridine rings is 1. The number of ether oxygens (including phenoxy) is 1. The van der Waals surface area contributed by atoms with Crippen LogP contribution in [-0.4, -0.2) is 39.9 Å². The van der Waals surface area contributed by atoms with Crippen LogP contribution in [0.2, 0.25) is 0 Å². The van der Waals surface area contributed by atoms with Gasteiger partial charge < -0.3 is 9.30 Å². The van der Waals surface area contributed by atoms with Gasteiger partial charge in [0.05, 0.1) is 11.7 Å². The summed E-state index contributed by atoms with van der Waals surface area (Å²) in [6, 6.07) is 19.4. The number of benzene rings is 2. The zero-order valence-corrected chi connectivity index (χ0v) is 18.9. The highest BCUT2D eigenvalue weighted by Crippen LogP contribution is 2.26. The topological polar surface area (TPSA) is 30.3 Å². The average molecular weight is 448 g/mol. The molecule has 4 aromatic rings. The third kappa shape index (κ3) is 4.66. The predicted octanol–water partition coefficient (Wildman–Crippen LogP) is 5.93. The number of fused-ring (bicyclic) bond motifs is 1. The molecule has 0 bridgehead atoms. The fourth-order valence-corrected chi connectivity index (χ4v) is 4.71. The summed E-state index contributed by atoms with van der Waals surface area (Å²) in [5.41, 5.74) is 2.30. The Balaban J connectivity index is 1.18. The van der Waals surface area contributed by atoms with E-state index in [1.54, 1.807) is 11.8 Å². The normalized spacial score (nSPS) is 15.3. The minimum absolute atomic E-state index is 0.185. The highest BCUT2D eigenvalue weighted by Gasteiger charge is 2.21. The summed E-state index contributed by atoms with van der Waals surface area (Å²) in [5, 5.41) is 1.21. The minimum atomic E-state index is -0.185. The Hall–Kier alpha value is -2.83. The number of rotatable bonds is 6. The van der Waals surface area contributed by atoms with Gasteiger partial charge in [0.25, 0.3) is 0 Å². The van der Waals surface area contributed by atoms with Crippen LogP contribution < -0.4 is 4.74 Å². The average Bonchev–Trinajstić information content (AvgIpc) is 3.25. The molecular weight excluding hydrogens is 421 g/mol. The molecule has 1 aliphatic heterocycles. The molecular formula is C26H26FN3OS. The number of aromatic nitrogens is 2. The van der Waals surface area contributed by atoms with Crippen molar-refractivity contribution in [3.05, 3.63) is 84.4 Å². The van der Waals surface area contributed by atoms with Crippen molar-refractivity contribution < 1.29 is 9.13 Å². The Kier molecular flexibility index (Phi) is 6.14. The van der Waals surface area contributed by atoms with E-state index in [0.717, 1.165) is 55.1 Å². The number of thioether (sulfide) groups is 1. The van der Waals surface area contributed by atoms with Crippen molar-refractivity contribution >= 4 is 22.7 Å². The van der Waals surface area contributed by atoms with Crippen molar-refractivity contribution in [2.24, 2.45) is 0 Å². The molecule has 0 atom stereocenters. The summed E-state index contributed by atoms with van der Waals surface area (Å²) in [5.74, 6) is 1.51. The molecule has 3 heterocycles. The van der Waals surface area contributed by atoms with Gasteiger partial charge in [-0.2, -0.15) is 0 Å². The lowest BCUT2D eigenvalue weighted by Gasteiger charge is -2.32. The molecule has 164 valence electrons. The molecule has 0 unspecified atom stereocenters. The standard InChI is InChI=1S/C26H26FN3OS/c1-32-24-7-8-25-20(16-24)10-15-30(25)26-9-6-23(17-28-26)31-22-11-13-29(14-12-22)18-19-2-4-21(27)5-3-19/h2-10,15-17,22H,11-14,18H2,1H3. The summed E-state index contributed by atoms with van der Waals surface area (Å²) in [6.45, 7) is 2.80. The minimum Gasteiger partial charge on any atom is -0.489 e. The van der Waals surface area contributed by atoms with Crippen LogP contribution in [0.3, 0.4) is 0 Å². The van der Waals surface area contributed by atoms with Crippen molar-refractivity contribution in [3.8, 4) is 11.6 Å². The highest BCUT2D eigenvalue weighted by atomic mass is 32.2. The number of piperidine rings is 1. The number of hydrogen-bond donors (Lipinski definition) is 0. The van der Waals surface area contributed by atoms with Gasteiger partial charge in [-0.05, 0) is 73.2 Å². The number of halogens is 1. The van der Waals surface area contributed by atoms with Crippen molar-refractivity contribution in [1.29, 1.82) is 0 Å². The summed E-state index contributed by atoms with van der Waals surface area (Å²) in [6.07, 6.45) is 8.13. The summed E-state index contributed by atoms with van der Waals surface area (Å²) in [7, 11) is 0. The fraction of sp³-hybridized carbons (Fsp3) is 0.269. The maximum Gasteiger partial charge on any atom is 0.138 e. The van der Waals surface area contributed by atoms with Crippen LogP contribution in [0.1, 0.15) is 18.4 Å². The van der Waals surface area contributed by atoms with Crippen molar-refractivity contribution in [3.63, 3.8) is 0 Å². The van der Waals surface area contributed by atoms with E-state index in [1.165, 1.54) is 22.4 Å². The van der Waals surface area contributed by atoms with Gasteiger partial charge in [-0.3, -0.25) is 4.90 Å². The third-order valence-corrected chi connectivity index (χ3v) is 6.75. The van der Waals surface area contributed by atoms with Crippen LogP contribution >= 0.6 is 11.8 Å². The second kappa shape index (κ2) is 9.35. The zero-order chi connectivity index (χ0) is 21.9. The Morgan fingerprint density at radius 3 is 2.56 bits per heavy atom. The van der Waals surface area contributed by atoms with Crippen molar-refractivity contribution in [2.45, 2.75) is 30.4 Å². The molecule has 6 heteroatoms. The van der Waals surface area contributed by atoms with Crippen molar-refractivity contribution in [1.82, 2.24) is 14.5 Å². The van der Waals surface area contributed by atoms with Gasteiger partial charge in [0.1, 0.15) is 23.5 Å². The molecule has 0 amide bonds. The molecule has 0 saturated carbocycles. The lowest BCUT2D eigenvalue weighted by atomic mass is 10.1. The Morgan fingerprint density at radius 1 is 1.03 bits per heavy atom. The molecule has 2 aromatic heterocycles. The molecule has 0 radical (unpaired) electrons. The maximum absolute atomic E-state index is 13.1. The number of likely N-dealkylation sites (tertiary alicyclic amines) is 1. The van der Waals surface area contributed by atoms with Gasteiger partial charge in [0.15, 0.2) is 0 Å². The van der Waals surface area contributed by atoms with Crippen LogP contribution in [0.4, 0.5) is 4.39 Å². The fourth-order valence-electron chi connectivity index (χ4n) is 4.26. The van der Waals surface area contributed by atoms with E-state index in [9.17, 15) is 4.39 Å². The Morgan fingerprint density at radius 2 is 1.84 bits per heavy atom. The van der Waals surface area contributed by atoms with Crippen LogP contribution in [0.15, 0.2) is 78.0 Å². The van der Waals surface area contributed by atoms with Gasteiger partial charge in [-0.25, -0.2) is 9.37 Å². The quantitative estimate of drug-likeness (QED) is 0.343. The van der Waals surface area contributed by atoms with Crippen molar-refractivity contribution in [2.75, 3.05) is 19.3 Å². The molecule has 4 nitrogen and oxygen atoms in total. The first kappa shape index (κ1) is 21.0. The predicted molar refractivity (Wildman–Crippen MR) is 128 cm³/mol. The largest absolute Gasteiger partial charge is 0.489 e. The van der Waals surface area contributed by atoms with Crippen LogP contribution in [0.25, 0.3) is 16.7 Å². The van der Waals surface area contributed by atoms with Gasteiger partial charge in [0.2, 0.25) is 0 Å². The summed E-state index contributed by atoms with van der Waals surface area (Å²) in [4.78, 5) is 8.31. The second-order valence-corrected chi connectivity index (χ2v) is 9.06. The molecule has 1 aliphatic rings. The van der Waals surface area contributed by atoms with Crippen LogP contribution in [0.5, 0.6) is 5.75 Å². The van der Waals surface area contributed by atoms with Crippen LogP contribution in [-0.2, 0) is 6.54 Å². The van der Waals surface area contributed by atoms with E-state index in [0.29, 0.717) is 0 Å². The Bertz CT molecular complexity index is 1180. The molecule has 2 aromatic carbocycles. The number of hydrogen-bond acceptors (Lipinski definition) is 4. The molecule has 1 fully saturated rings. The summed E-state index contributed by atoms with van der Waals surface area (Å²) >= 11 is 1.75. The number of nitrogens with zero attached hydrogens (tertiary/aromatic N) is 3. The molecule has 0 aliphatic carbocycles. The van der Waals surface area contributed by atoms with E-state index in [1.807, 2.05) is 30.5 Å². The zero-order valence-electron chi connectivity index (χ0n) is 18.1. The summed E-state index contributed by atoms with van der Waals surface area (Å²) < 4.78 is 21.4. The van der Waals surface area contributed by atoms with E-state index in [-0.39, 0.29) is 11.9 Å². The molecule has 1 saturated heterocycles. The molecule has 0 spiro atoms. The Labute approximate surface area is 192 Å². The smallest absolute Gasteiger partial charge is 0.138 e. The van der Waals surface area contributed by atoms with Gasteiger partial charge in [-0.15, -0.1) is 11.8 Å². The third-order valence-electron chi connectivity index (χ3n) is 6.02. The van der Waals surface area contributed by atoms with Crippen LogP contribution in [0, 0.1) is 5.82 Å². The van der Waals surface area contributed by atoms with E-state index in [4.69, 9.17) is 4.74 Å². The maximum atomic E-state index is 13.1. The highest BCUT2D eigenvalue weighted by molar-refractivity contribution is 7.98. The van der Waals surface area contributed by atoms with Gasteiger partial charge >= 0.3 is 0 Å². The molecule has 0 N–H and O–H groups in total. The monoisotopic (exact) mass is 447 g/mol. The molecule has 32 heavy (non-hydrogen) atoms. The van der Waals surface area contributed by atoms with E-state index in [2.05, 4.69) is 51.2 Å². The molecule has 5 rings (SSSR count). The first-order valence-corrected chi connectivity index (χ1v) is 12.2. The lowest BCUT2D eigenvalue weighted by molar-refractivity contribution is 0.0965. The SMILES string of the molecule is CSc1ccc2c(ccn2-c2ccc(OC3CCN(Cc4ccc(F)cc4)CC3)cn2)c1.